The number of nitro groups is 2. The first-order chi connectivity index (χ1) is 14.9. The molecule has 1 aliphatic heterocycles. The third-order valence-corrected chi connectivity index (χ3v) is 9.44. The van der Waals surface area contributed by atoms with Gasteiger partial charge in [0.2, 0.25) is 20.0 Å². The predicted octanol–water partition coefficient (Wildman–Crippen LogP) is 2.51. The topological polar surface area (TPSA) is 161 Å². The summed E-state index contributed by atoms with van der Waals surface area (Å²) in [5, 5.41) is 21.5. The Balaban J connectivity index is 1.85. The van der Waals surface area contributed by atoms with E-state index in [4.69, 9.17) is 23.2 Å². The molecule has 0 aliphatic carbocycles. The highest BCUT2D eigenvalue weighted by Gasteiger charge is 2.36. The van der Waals surface area contributed by atoms with Crippen molar-refractivity contribution in [2.24, 2.45) is 0 Å². The molecule has 12 nitrogen and oxygen atoms in total. The highest BCUT2D eigenvalue weighted by molar-refractivity contribution is 7.89. The third-order valence-electron chi connectivity index (χ3n) is 4.68. The number of hydrogen-bond donors (Lipinski definition) is 0. The number of nitrogens with zero attached hydrogens (tertiary/aromatic N) is 4. The van der Waals surface area contributed by atoms with Crippen LogP contribution in [0.15, 0.2) is 46.2 Å². The summed E-state index contributed by atoms with van der Waals surface area (Å²) in [6.07, 6.45) is 0. The Kier molecular flexibility index (Phi) is 6.74. The van der Waals surface area contributed by atoms with Crippen molar-refractivity contribution >= 4 is 54.6 Å². The fraction of sp³-hybridized carbons (Fsp3) is 0.250. The van der Waals surface area contributed by atoms with Gasteiger partial charge >= 0.3 is 0 Å². The molecule has 0 radical (unpaired) electrons. The Morgan fingerprint density at radius 2 is 1.00 bits per heavy atom. The summed E-state index contributed by atoms with van der Waals surface area (Å²) < 4.78 is 53.7. The summed E-state index contributed by atoms with van der Waals surface area (Å²) in [4.78, 5) is 19.5. The molecule has 32 heavy (non-hydrogen) atoms. The van der Waals surface area contributed by atoms with E-state index in [0.29, 0.717) is 0 Å². The van der Waals surface area contributed by atoms with E-state index in [1.807, 2.05) is 0 Å². The van der Waals surface area contributed by atoms with E-state index in [9.17, 15) is 37.1 Å². The molecule has 0 aromatic heterocycles. The first kappa shape index (κ1) is 24.3. The monoisotopic (exact) mass is 524 g/mol. The average Bonchev–Trinajstić information content (AvgIpc) is 2.73. The summed E-state index contributed by atoms with van der Waals surface area (Å²) in [5.74, 6) is 0. The number of sulfonamides is 2. The van der Waals surface area contributed by atoms with Gasteiger partial charge in [0.05, 0.1) is 19.9 Å². The predicted molar refractivity (Wildman–Crippen MR) is 114 cm³/mol. The van der Waals surface area contributed by atoms with Gasteiger partial charge in [0.15, 0.2) is 0 Å². The van der Waals surface area contributed by atoms with Gasteiger partial charge in [-0.3, -0.25) is 20.2 Å². The van der Waals surface area contributed by atoms with Gasteiger partial charge in [0, 0.05) is 50.4 Å². The highest BCUT2D eigenvalue weighted by Crippen LogP contribution is 2.32. The highest BCUT2D eigenvalue weighted by atomic mass is 35.5. The lowest BCUT2D eigenvalue weighted by Gasteiger charge is -2.33. The Labute approximate surface area is 192 Å². The molecule has 0 atom stereocenters. The molecular weight excluding hydrogens is 511 g/mol. The van der Waals surface area contributed by atoms with Crippen molar-refractivity contribution in [2.45, 2.75) is 9.79 Å². The molecular formula is C16H14Cl2N4O8S2. The van der Waals surface area contributed by atoms with Crippen molar-refractivity contribution in [3.8, 4) is 0 Å². The van der Waals surface area contributed by atoms with Crippen LogP contribution in [0.2, 0.25) is 10.0 Å². The molecule has 0 amide bonds. The molecule has 0 unspecified atom stereocenters. The summed E-state index contributed by atoms with van der Waals surface area (Å²) in [5.41, 5.74) is -0.927. The van der Waals surface area contributed by atoms with E-state index in [2.05, 4.69) is 0 Å². The minimum atomic E-state index is -4.25. The quantitative estimate of drug-likeness (QED) is 0.411. The number of nitro benzene ring substituents is 2. The lowest BCUT2D eigenvalue weighted by atomic mass is 10.3. The van der Waals surface area contributed by atoms with Crippen LogP contribution >= 0.6 is 23.2 Å². The molecule has 2 aromatic rings. The lowest BCUT2D eigenvalue weighted by molar-refractivity contribution is -0.385. The van der Waals surface area contributed by atoms with Gasteiger partial charge in [-0.1, -0.05) is 23.2 Å². The number of rotatable bonds is 6. The van der Waals surface area contributed by atoms with Crippen molar-refractivity contribution < 1.29 is 26.7 Å². The van der Waals surface area contributed by atoms with Crippen LogP contribution in [0.1, 0.15) is 0 Å². The van der Waals surface area contributed by atoms with Crippen molar-refractivity contribution in [3.05, 3.63) is 66.7 Å². The van der Waals surface area contributed by atoms with Crippen LogP contribution in [0.3, 0.4) is 0 Å². The third kappa shape index (κ3) is 4.55. The van der Waals surface area contributed by atoms with Crippen LogP contribution in [0, 0.1) is 20.2 Å². The first-order valence-electron chi connectivity index (χ1n) is 8.74. The maximum absolute atomic E-state index is 12.9. The molecule has 2 aromatic carbocycles. The molecule has 1 heterocycles. The molecule has 1 fully saturated rings. The molecule has 3 rings (SSSR count). The number of hydrogen-bond acceptors (Lipinski definition) is 8. The van der Waals surface area contributed by atoms with E-state index >= 15 is 0 Å². The molecule has 0 N–H and O–H groups in total. The second-order valence-corrected chi connectivity index (χ2v) is 11.2. The van der Waals surface area contributed by atoms with E-state index in [1.165, 1.54) is 0 Å². The van der Waals surface area contributed by atoms with E-state index in [0.717, 1.165) is 45.0 Å². The number of halogens is 2. The zero-order valence-electron chi connectivity index (χ0n) is 15.9. The Morgan fingerprint density at radius 1 is 0.688 bits per heavy atom. The van der Waals surface area contributed by atoms with Crippen LogP contribution in [0.4, 0.5) is 11.4 Å². The van der Waals surface area contributed by atoms with Crippen molar-refractivity contribution in [3.63, 3.8) is 0 Å². The number of non-ortho nitro benzene ring substituents is 2. The Hall–Kier alpha value is -2.36. The Bertz CT molecular complexity index is 1210. The number of benzene rings is 2. The largest absolute Gasteiger partial charge is 0.270 e. The fourth-order valence-corrected chi connectivity index (χ4v) is 6.87. The summed E-state index contributed by atoms with van der Waals surface area (Å²) in [7, 11) is -8.50. The molecule has 0 saturated carbocycles. The van der Waals surface area contributed by atoms with Gasteiger partial charge in [-0.2, -0.15) is 8.61 Å². The summed E-state index contributed by atoms with van der Waals surface area (Å²) >= 11 is 11.9. The van der Waals surface area contributed by atoms with Crippen LogP contribution in [0.5, 0.6) is 0 Å². The van der Waals surface area contributed by atoms with Gasteiger partial charge in [0.25, 0.3) is 11.4 Å². The van der Waals surface area contributed by atoms with E-state index in [-0.39, 0.29) is 36.2 Å². The van der Waals surface area contributed by atoms with Gasteiger partial charge < -0.3 is 0 Å². The average molecular weight is 525 g/mol. The SMILES string of the molecule is O=[N+]([O-])c1ccc(Cl)c(S(=O)(=O)N2CCN(S(=O)(=O)c3cc([N+](=O)[O-])ccc3Cl)CC2)c1. The number of piperazine rings is 1. The summed E-state index contributed by atoms with van der Waals surface area (Å²) in [6.45, 7) is -1.08. The molecule has 16 heteroatoms. The van der Waals surface area contributed by atoms with Crippen molar-refractivity contribution in [1.82, 2.24) is 8.61 Å². The smallest absolute Gasteiger partial charge is 0.258 e. The van der Waals surface area contributed by atoms with Gasteiger partial charge in [-0.15, -0.1) is 0 Å². The second kappa shape index (κ2) is 8.88. The van der Waals surface area contributed by atoms with Crippen LogP contribution in [-0.4, -0.2) is 61.5 Å². The van der Waals surface area contributed by atoms with Gasteiger partial charge in [-0.05, 0) is 12.1 Å². The molecule has 0 bridgehead atoms. The standard InChI is InChI=1S/C16H14Cl2N4O8S2/c17-13-3-1-11(21(23)24)9-15(13)31(27,28)19-5-7-20(8-6-19)32(29,30)16-10-12(22(25)26)2-4-14(16)18/h1-4,9-10H,5-8H2. The molecule has 1 aliphatic rings. The first-order valence-corrected chi connectivity index (χ1v) is 12.4. The van der Waals surface area contributed by atoms with Crippen LogP contribution < -0.4 is 0 Å². The minimum absolute atomic E-state index is 0.214. The summed E-state index contributed by atoms with van der Waals surface area (Å²) in [6, 6.07) is 5.99. The second-order valence-electron chi connectivity index (χ2n) is 6.55. The normalized spacial score (nSPS) is 16.1. The maximum atomic E-state index is 12.9. The lowest BCUT2D eigenvalue weighted by Crippen LogP contribution is -2.50. The zero-order chi connectivity index (χ0) is 23.8. The molecule has 0 spiro atoms. The molecule has 172 valence electrons. The zero-order valence-corrected chi connectivity index (χ0v) is 19.1. The van der Waals surface area contributed by atoms with Crippen molar-refractivity contribution in [1.29, 1.82) is 0 Å². The van der Waals surface area contributed by atoms with Crippen LogP contribution in [0.25, 0.3) is 0 Å². The molecule has 1 saturated heterocycles. The van der Waals surface area contributed by atoms with E-state index < -0.39 is 51.1 Å². The van der Waals surface area contributed by atoms with Gasteiger partial charge in [0.1, 0.15) is 9.79 Å². The maximum Gasteiger partial charge on any atom is 0.270 e. The Morgan fingerprint density at radius 3 is 1.28 bits per heavy atom. The minimum Gasteiger partial charge on any atom is -0.258 e. The van der Waals surface area contributed by atoms with Crippen molar-refractivity contribution in [2.75, 3.05) is 26.2 Å². The fourth-order valence-electron chi connectivity index (χ4n) is 3.04. The van der Waals surface area contributed by atoms with Gasteiger partial charge in [-0.25, -0.2) is 16.8 Å². The van der Waals surface area contributed by atoms with E-state index in [1.54, 1.807) is 0 Å². The van der Waals surface area contributed by atoms with Crippen LogP contribution in [-0.2, 0) is 20.0 Å².